The Morgan fingerprint density at radius 3 is 1.94 bits per heavy atom. The van der Waals surface area contributed by atoms with E-state index in [1.807, 2.05) is 58.0 Å². The second-order valence-electron chi connectivity index (χ2n) is 2.47. The minimum atomic E-state index is 0.635. The average Bonchev–Trinajstić information content (AvgIpc) is 2.88. The first-order chi connectivity index (χ1) is 7.95. The van der Waals surface area contributed by atoms with E-state index in [9.17, 15) is 0 Å². The predicted octanol–water partition coefficient (Wildman–Crippen LogP) is 3.96. The Balaban J connectivity index is 0.000000509. The van der Waals surface area contributed by atoms with Gasteiger partial charge in [0.1, 0.15) is 5.50 Å². The molecular weight excluding hydrogens is 215 g/mol. The van der Waals surface area contributed by atoms with E-state index < -0.39 is 0 Å². The highest BCUT2D eigenvalue weighted by Gasteiger charge is 1.95. The second-order valence-corrected chi connectivity index (χ2v) is 3.79. The highest BCUT2D eigenvalue weighted by Crippen LogP contribution is 2.09. The van der Waals surface area contributed by atoms with Crippen LogP contribution in [0.1, 0.15) is 27.7 Å². The maximum Gasteiger partial charge on any atom is 0.126 e. The Bertz CT molecular complexity index is 327. The SMILES string of the molecule is CC.CC.c1ccc(Pc2ccco2)cc1. The zero-order valence-corrected chi connectivity index (χ0v) is 11.5. The summed E-state index contributed by atoms with van der Waals surface area (Å²) in [4.78, 5) is 0. The highest BCUT2D eigenvalue weighted by atomic mass is 31.1. The Morgan fingerprint density at radius 1 is 0.812 bits per heavy atom. The summed E-state index contributed by atoms with van der Waals surface area (Å²) in [6.45, 7) is 8.00. The molecule has 1 aromatic heterocycles. The van der Waals surface area contributed by atoms with Gasteiger partial charge in [-0.3, -0.25) is 0 Å². The molecule has 0 amide bonds. The molecule has 1 aromatic carbocycles. The number of furan rings is 1. The van der Waals surface area contributed by atoms with E-state index >= 15 is 0 Å². The Morgan fingerprint density at radius 2 is 1.44 bits per heavy atom. The largest absolute Gasteiger partial charge is 0.465 e. The minimum absolute atomic E-state index is 0.635. The lowest BCUT2D eigenvalue weighted by molar-refractivity contribution is 0.603. The maximum absolute atomic E-state index is 5.25. The normalized spacial score (nSPS) is 9.00. The fourth-order valence-corrected chi connectivity index (χ4v) is 1.96. The van der Waals surface area contributed by atoms with Gasteiger partial charge in [0.25, 0.3) is 0 Å². The quantitative estimate of drug-likeness (QED) is 0.719. The number of rotatable bonds is 2. The molecule has 0 fully saturated rings. The zero-order valence-electron chi connectivity index (χ0n) is 10.5. The third-order valence-corrected chi connectivity index (χ3v) is 2.72. The van der Waals surface area contributed by atoms with Crippen LogP contribution in [-0.2, 0) is 0 Å². The molecule has 0 bridgehead atoms. The molecule has 16 heavy (non-hydrogen) atoms. The predicted molar refractivity (Wildman–Crippen MR) is 75.4 cm³/mol. The summed E-state index contributed by atoms with van der Waals surface area (Å²) in [6, 6.07) is 14.3. The monoisotopic (exact) mass is 236 g/mol. The van der Waals surface area contributed by atoms with E-state index in [1.165, 1.54) is 5.30 Å². The van der Waals surface area contributed by atoms with Crippen molar-refractivity contribution >= 4 is 19.4 Å². The van der Waals surface area contributed by atoms with Gasteiger partial charge < -0.3 is 4.42 Å². The molecule has 1 heterocycles. The lowest BCUT2D eigenvalue weighted by Gasteiger charge is -1.95. The highest BCUT2D eigenvalue weighted by molar-refractivity contribution is 7.55. The van der Waals surface area contributed by atoms with Crippen molar-refractivity contribution in [1.29, 1.82) is 0 Å². The first-order valence-electron chi connectivity index (χ1n) is 5.81. The van der Waals surface area contributed by atoms with Gasteiger partial charge in [0.05, 0.1) is 6.26 Å². The molecule has 2 heteroatoms. The fraction of sp³-hybridized carbons (Fsp3) is 0.286. The third-order valence-electron chi connectivity index (χ3n) is 1.56. The molecule has 0 aliphatic rings. The summed E-state index contributed by atoms with van der Waals surface area (Å²) in [5.41, 5.74) is 1.04. The zero-order chi connectivity index (χ0) is 12.2. The van der Waals surface area contributed by atoms with Crippen LogP contribution < -0.4 is 10.8 Å². The number of hydrogen-bond donors (Lipinski definition) is 0. The molecular formula is C14H21OP. The molecule has 0 aliphatic heterocycles. The molecule has 0 spiro atoms. The topological polar surface area (TPSA) is 13.1 Å². The molecule has 0 N–H and O–H groups in total. The van der Waals surface area contributed by atoms with Crippen LogP contribution >= 0.6 is 8.58 Å². The van der Waals surface area contributed by atoms with Gasteiger partial charge in [0, 0.05) is 0 Å². The maximum atomic E-state index is 5.25. The molecule has 0 aliphatic carbocycles. The standard InChI is InChI=1S/C10H9OP.2C2H6/c1-2-5-9(6-3-1)12-10-7-4-8-11-10;2*1-2/h1-8,12H;2*1-2H3. The van der Waals surface area contributed by atoms with Crippen molar-refractivity contribution in [1.82, 2.24) is 0 Å². The minimum Gasteiger partial charge on any atom is -0.465 e. The summed E-state index contributed by atoms with van der Waals surface area (Å²) in [5.74, 6) is 0. The van der Waals surface area contributed by atoms with Gasteiger partial charge in [-0.15, -0.1) is 0 Å². The average molecular weight is 236 g/mol. The summed E-state index contributed by atoms with van der Waals surface area (Å²) in [7, 11) is 0.635. The van der Waals surface area contributed by atoms with E-state index in [2.05, 4.69) is 12.1 Å². The number of hydrogen-bond acceptors (Lipinski definition) is 1. The van der Waals surface area contributed by atoms with Gasteiger partial charge in [0.15, 0.2) is 0 Å². The Labute approximate surface area is 101 Å². The van der Waals surface area contributed by atoms with Crippen molar-refractivity contribution < 1.29 is 4.42 Å². The molecule has 0 saturated heterocycles. The molecule has 0 radical (unpaired) electrons. The van der Waals surface area contributed by atoms with Crippen LogP contribution in [-0.4, -0.2) is 0 Å². The van der Waals surface area contributed by atoms with E-state index in [1.54, 1.807) is 6.26 Å². The van der Waals surface area contributed by atoms with E-state index in [0.717, 1.165) is 5.50 Å². The molecule has 88 valence electrons. The van der Waals surface area contributed by atoms with Gasteiger partial charge in [0.2, 0.25) is 0 Å². The van der Waals surface area contributed by atoms with Crippen LogP contribution in [0.2, 0.25) is 0 Å². The van der Waals surface area contributed by atoms with Gasteiger partial charge in [-0.1, -0.05) is 58.0 Å². The molecule has 2 rings (SSSR count). The van der Waals surface area contributed by atoms with Crippen LogP contribution in [0.15, 0.2) is 53.1 Å². The van der Waals surface area contributed by atoms with Crippen LogP contribution in [0.4, 0.5) is 0 Å². The molecule has 1 atom stereocenters. The number of benzene rings is 1. The third kappa shape index (κ3) is 5.72. The summed E-state index contributed by atoms with van der Waals surface area (Å²) < 4.78 is 5.25. The van der Waals surface area contributed by atoms with E-state index in [0.29, 0.717) is 8.58 Å². The molecule has 1 unspecified atom stereocenters. The van der Waals surface area contributed by atoms with Crippen molar-refractivity contribution in [3.63, 3.8) is 0 Å². The molecule has 2 aromatic rings. The first kappa shape index (κ1) is 14.9. The van der Waals surface area contributed by atoms with Gasteiger partial charge in [-0.25, -0.2) is 0 Å². The van der Waals surface area contributed by atoms with Crippen molar-refractivity contribution in [2.75, 3.05) is 0 Å². The van der Waals surface area contributed by atoms with Crippen molar-refractivity contribution in [2.24, 2.45) is 0 Å². The van der Waals surface area contributed by atoms with E-state index in [4.69, 9.17) is 4.42 Å². The van der Waals surface area contributed by atoms with Crippen molar-refractivity contribution in [3.05, 3.63) is 48.7 Å². The van der Waals surface area contributed by atoms with Gasteiger partial charge in [-0.2, -0.15) is 0 Å². The lowest BCUT2D eigenvalue weighted by atomic mass is 10.4. The summed E-state index contributed by atoms with van der Waals surface area (Å²) in [6.07, 6.45) is 1.71. The second kappa shape index (κ2) is 10.4. The Hall–Kier alpha value is -1.07. The van der Waals surface area contributed by atoms with Crippen LogP contribution in [0.3, 0.4) is 0 Å². The fourth-order valence-electron chi connectivity index (χ4n) is 1.01. The van der Waals surface area contributed by atoms with Crippen LogP contribution in [0, 0.1) is 0 Å². The van der Waals surface area contributed by atoms with E-state index in [-0.39, 0.29) is 0 Å². The van der Waals surface area contributed by atoms with Crippen LogP contribution in [0.25, 0.3) is 0 Å². The van der Waals surface area contributed by atoms with Gasteiger partial charge in [-0.05, 0) is 26.0 Å². The lowest BCUT2D eigenvalue weighted by Crippen LogP contribution is -1.99. The van der Waals surface area contributed by atoms with Crippen LogP contribution in [0.5, 0.6) is 0 Å². The Kier molecular flexibility index (Phi) is 9.75. The van der Waals surface area contributed by atoms with Crippen molar-refractivity contribution in [3.8, 4) is 0 Å². The summed E-state index contributed by atoms with van der Waals surface area (Å²) >= 11 is 0. The molecule has 0 saturated carbocycles. The first-order valence-corrected chi connectivity index (χ1v) is 6.81. The summed E-state index contributed by atoms with van der Waals surface area (Å²) in [5, 5.41) is 1.31. The van der Waals surface area contributed by atoms with Gasteiger partial charge >= 0.3 is 0 Å². The smallest absolute Gasteiger partial charge is 0.126 e. The van der Waals surface area contributed by atoms with Crippen molar-refractivity contribution in [2.45, 2.75) is 27.7 Å². The molecule has 1 nitrogen and oxygen atoms in total.